The fourth-order valence-corrected chi connectivity index (χ4v) is 4.31. The number of likely N-dealkylation sites (N-methyl/N-ethyl adjacent to an activating group) is 1. The van der Waals surface area contributed by atoms with Gasteiger partial charge in [-0.15, -0.1) is 0 Å². The second-order valence-corrected chi connectivity index (χ2v) is 7.11. The summed E-state index contributed by atoms with van der Waals surface area (Å²) in [5.41, 5.74) is 0.932. The van der Waals surface area contributed by atoms with E-state index < -0.39 is 6.04 Å². The number of ether oxygens (including phenoxy) is 1. The maximum Gasteiger partial charge on any atom is 0.241 e. The number of carbonyl (C=O) groups is 2. The molecule has 0 saturated carbocycles. The van der Waals surface area contributed by atoms with Crippen molar-refractivity contribution in [1.82, 2.24) is 15.1 Å². The Balaban J connectivity index is 1.83. The standard InChI is InChI=1S/C20H29N3O3/c1-21-19(24)18(15-8-4-3-5-9-15)23-13-7-11-17(23)20(25)22-12-6-10-16(22)14-26-2/h3-5,8-9,16-18H,6-7,10-14H2,1-2H3,(H,21,24)/t16-,17+,18-/m1/s1. The number of amides is 2. The lowest BCUT2D eigenvalue weighted by molar-refractivity contribution is -0.140. The van der Waals surface area contributed by atoms with E-state index in [0.29, 0.717) is 6.61 Å². The molecular weight excluding hydrogens is 330 g/mol. The van der Waals surface area contributed by atoms with Crippen LogP contribution in [0, 0.1) is 0 Å². The topological polar surface area (TPSA) is 61.9 Å². The van der Waals surface area contributed by atoms with E-state index in [-0.39, 0.29) is 23.9 Å². The normalized spacial score (nSPS) is 24.6. The summed E-state index contributed by atoms with van der Waals surface area (Å²) < 4.78 is 5.30. The molecule has 2 aliphatic rings. The van der Waals surface area contributed by atoms with E-state index in [1.54, 1.807) is 14.2 Å². The number of benzene rings is 1. The van der Waals surface area contributed by atoms with Crippen molar-refractivity contribution in [3.63, 3.8) is 0 Å². The van der Waals surface area contributed by atoms with Gasteiger partial charge in [-0.25, -0.2) is 0 Å². The average Bonchev–Trinajstić information content (AvgIpc) is 3.32. The maximum atomic E-state index is 13.3. The van der Waals surface area contributed by atoms with E-state index in [9.17, 15) is 9.59 Å². The molecule has 0 bridgehead atoms. The van der Waals surface area contributed by atoms with Crippen molar-refractivity contribution in [2.75, 3.05) is 33.9 Å². The molecule has 3 atom stereocenters. The highest BCUT2D eigenvalue weighted by molar-refractivity contribution is 5.86. The van der Waals surface area contributed by atoms with Crippen molar-refractivity contribution in [3.05, 3.63) is 35.9 Å². The molecule has 6 heteroatoms. The average molecular weight is 359 g/mol. The third-order valence-electron chi connectivity index (χ3n) is 5.54. The molecule has 2 fully saturated rings. The Morgan fingerprint density at radius 1 is 1.19 bits per heavy atom. The van der Waals surface area contributed by atoms with E-state index in [2.05, 4.69) is 10.2 Å². The second kappa shape index (κ2) is 8.64. The van der Waals surface area contributed by atoms with Crippen LogP contribution in [0.3, 0.4) is 0 Å². The molecular formula is C20H29N3O3. The minimum atomic E-state index is -0.430. The van der Waals surface area contributed by atoms with Gasteiger partial charge >= 0.3 is 0 Å². The third-order valence-corrected chi connectivity index (χ3v) is 5.54. The van der Waals surface area contributed by atoms with E-state index in [0.717, 1.165) is 44.3 Å². The highest BCUT2D eigenvalue weighted by Gasteiger charge is 2.42. The minimum Gasteiger partial charge on any atom is -0.383 e. The van der Waals surface area contributed by atoms with Crippen molar-refractivity contribution in [2.45, 2.75) is 43.8 Å². The smallest absolute Gasteiger partial charge is 0.241 e. The van der Waals surface area contributed by atoms with Gasteiger partial charge in [0.05, 0.1) is 18.7 Å². The molecule has 0 radical (unpaired) electrons. The van der Waals surface area contributed by atoms with Crippen LogP contribution in [-0.2, 0) is 14.3 Å². The molecule has 1 N–H and O–H groups in total. The molecule has 0 spiro atoms. The zero-order chi connectivity index (χ0) is 18.5. The fraction of sp³-hybridized carbons (Fsp3) is 0.600. The van der Waals surface area contributed by atoms with Crippen LogP contribution in [0.1, 0.15) is 37.3 Å². The summed E-state index contributed by atoms with van der Waals surface area (Å²) in [5, 5.41) is 2.77. The highest BCUT2D eigenvalue weighted by Crippen LogP contribution is 2.32. The van der Waals surface area contributed by atoms with Gasteiger partial charge in [-0.05, 0) is 31.2 Å². The molecule has 26 heavy (non-hydrogen) atoms. The van der Waals surface area contributed by atoms with Crippen LogP contribution in [0.15, 0.2) is 30.3 Å². The van der Waals surface area contributed by atoms with E-state index in [1.165, 1.54) is 0 Å². The Bertz CT molecular complexity index is 622. The molecule has 142 valence electrons. The number of methoxy groups -OCH3 is 1. The lowest BCUT2D eigenvalue weighted by Gasteiger charge is -2.35. The Labute approximate surface area is 155 Å². The third kappa shape index (κ3) is 3.76. The van der Waals surface area contributed by atoms with Crippen LogP contribution in [0.25, 0.3) is 0 Å². The van der Waals surface area contributed by atoms with Crippen molar-refractivity contribution < 1.29 is 14.3 Å². The van der Waals surface area contributed by atoms with Crippen LogP contribution in [0.5, 0.6) is 0 Å². The van der Waals surface area contributed by atoms with Gasteiger partial charge in [0.15, 0.2) is 0 Å². The summed E-state index contributed by atoms with van der Waals surface area (Å²) in [6.07, 6.45) is 3.74. The predicted octanol–water partition coefficient (Wildman–Crippen LogP) is 1.58. The van der Waals surface area contributed by atoms with Gasteiger partial charge in [0, 0.05) is 27.2 Å². The predicted molar refractivity (Wildman–Crippen MR) is 99.6 cm³/mol. The summed E-state index contributed by atoms with van der Waals surface area (Å²) in [4.78, 5) is 30.0. The van der Waals surface area contributed by atoms with Crippen LogP contribution in [0.2, 0.25) is 0 Å². The summed E-state index contributed by atoms with van der Waals surface area (Å²) in [7, 11) is 3.33. The van der Waals surface area contributed by atoms with Crippen LogP contribution in [-0.4, -0.2) is 67.6 Å². The zero-order valence-electron chi connectivity index (χ0n) is 15.7. The summed E-state index contributed by atoms with van der Waals surface area (Å²) >= 11 is 0. The van der Waals surface area contributed by atoms with Crippen molar-refractivity contribution in [2.24, 2.45) is 0 Å². The van der Waals surface area contributed by atoms with Crippen molar-refractivity contribution >= 4 is 11.8 Å². The largest absolute Gasteiger partial charge is 0.383 e. The number of likely N-dealkylation sites (tertiary alicyclic amines) is 2. The molecule has 1 aromatic rings. The van der Waals surface area contributed by atoms with E-state index >= 15 is 0 Å². The molecule has 6 nitrogen and oxygen atoms in total. The minimum absolute atomic E-state index is 0.0641. The number of hydrogen-bond donors (Lipinski definition) is 1. The van der Waals surface area contributed by atoms with Crippen molar-refractivity contribution in [3.8, 4) is 0 Å². The van der Waals surface area contributed by atoms with Gasteiger partial charge in [-0.2, -0.15) is 0 Å². The Morgan fingerprint density at radius 3 is 2.62 bits per heavy atom. The molecule has 1 aromatic carbocycles. The number of nitrogens with zero attached hydrogens (tertiary/aromatic N) is 2. The monoisotopic (exact) mass is 359 g/mol. The van der Waals surface area contributed by atoms with Gasteiger partial charge < -0.3 is 15.0 Å². The van der Waals surface area contributed by atoms with Crippen LogP contribution in [0.4, 0.5) is 0 Å². The molecule has 0 aromatic heterocycles. The van der Waals surface area contributed by atoms with Gasteiger partial charge in [0.1, 0.15) is 6.04 Å². The highest BCUT2D eigenvalue weighted by atomic mass is 16.5. The number of hydrogen-bond acceptors (Lipinski definition) is 4. The van der Waals surface area contributed by atoms with Gasteiger partial charge in [-0.3, -0.25) is 14.5 Å². The van der Waals surface area contributed by atoms with E-state index in [1.807, 2.05) is 35.2 Å². The lowest BCUT2D eigenvalue weighted by Crippen LogP contribution is -2.51. The Morgan fingerprint density at radius 2 is 1.92 bits per heavy atom. The van der Waals surface area contributed by atoms with Gasteiger partial charge in [0.25, 0.3) is 0 Å². The van der Waals surface area contributed by atoms with E-state index in [4.69, 9.17) is 4.74 Å². The number of rotatable bonds is 6. The first-order chi connectivity index (χ1) is 12.7. The maximum absolute atomic E-state index is 13.3. The molecule has 2 saturated heterocycles. The number of carbonyl (C=O) groups excluding carboxylic acids is 2. The number of nitrogens with one attached hydrogen (secondary N) is 1. The first-order valence-electron chi connectivity index (χ1n) is 9.49. The van der Waals surface area contributed by atoms with Gasteiger partial charge in [-0.1, -0.05) is 30.3 Å². The molecule has 3 rings (SSSR count). The SMILES string of the molecule is CNC(=O)[C@@H](c1ccccc1)N1CCC[C@H]1C(=O)N1CCC[C@@H]1COC. The summed E-state index contributed by atoms with van der Waals surface area (Å²) in [6.45, 7) is 2.12. The van der Waals surface area contributed by atoms with Crippen LogP contribution < -0.4 is 5.32 Å². The lowest BCUT2D eigenvalue weighted by atomic mass is 10.0. The molecule has 2 aliphatic heterocycles. The Kier molecular flexibility index (Phi) is 6.27. The molecule has 0 aliphatic carbocycles. The van der Waals surface area contributed by atoms with Gasteiger partial charge in [0.2, 0.25) is 11.8 Å². The summed E-state index contributed by atoms with van der Waals surface area (Å²) in [6, 6.07) is 9.23. The van der Waals surface area contributed by atoms with Crippen molar-refractivity contribution in [1.29, 1.82) is 0 Å². The first kappa shape index (κ1) is 18.9. The summed E-state index contributed by atoms with van der Waals surface area (Å²) in [5.74, 6) is 0.0812. The Hall–Kier alpha value is -1.92. The fourth-order valence-electron chi connectivity index (χ4n) is 4.31. The quantitative estimate of drug-likeness (QED) is 0.838. The zero-order valence-corrected chi connectivity index (χ0v) is 15.7. The molecule has 2 amide bonds. The molecule has 0 unspecified atom stereocenters. The first-order valence-corrected chi connectivity index (χ1v) is 9.49. The molecule has 2 heterocycles. The second-order valence-electron chi connectivity index (χ2n) is 7.11. The van der Waals surface area contributed by atoms with Crippen LogP contribution >= 0.6 is 0 Å².